The molecule has 17 heavy (non-hydrogen) atoms. The van der Waals surface area contributed by atoms with Gasteiger partial charge in [0.05, 0.1) is 19.3 Å². The number of carbonyl (C=O) groups is 1. The fraction of sp³-hybridized carbons (Fsp3) is 0.231. The lowest BCUT2D eigenvalue weighted by Crippen LogP contribution is -2.00. The van der Waals surface area contributed by atoms with Gasteiger partial charge >= 0.3 is 5.97 Å². The molecule has 0 aliphatic heterocycles. The second-order valence-corrected chi connectivity index (χ2v) is 3.15. The molecule has 0 saturated heterocycles. The van der Waals surface area contributed by atoms with E-state index in [2.05, 4.69) is 0 Å². The molecule has 0 N–H and O–H groups in total. The highest BCUT2D eigenvalue weighted by molar-refractivity contribution is 5.95. The number of hydrogen-bond acceptors (Lipinski definition) is 4. The second-order valence-electron chi connectivity index (χ2n) is 3.15. The van der Waals surface area contributed by atoms with Gasteiger partial charge in [-0.1, -0.05) is 12.1 Å². The molecule has 4 heteroatoms. The Kier molecular flexibility index (Phi) is 4.77. The summed E-state index contributed by atoms with van der Waals surface area (Å²) in [4.78, 5) is 11.3. The van der Waals surface area contributed by atoms with Gasteiger partial charge in [-0.2, -0.15) is 5.26 Å². The van der Waals surface area contributed by atoms with Crippen LogP contribution in [0.25, 0.3) is 5.57 Å². The Morgan fingerprint density at radius 1 is 1.53 bits per heavy atom. The van der Waals surface area contributed by atoms with Gasteiger partial charge in [0.1, 0.15) is 11.8 Å². The molecule has 0 amide bonds. The fourth-order valence-electron chi connectivity index (χ4n) is 1.27. The van der Waals surface area contributed by atoms with Crippen molar-refractivity contribution in [3.63, 3.8) is 0 Å². The Balaban J connectivity index is 3.01. The van der Waals surface area contributed by atoms with Crippen LogP contribution in [0.2, 0.25) is 0 Å². The number of methoxy groups -OCH3 is 1. The van der Waals surface area contributed by atoms with Gasteiger partial charge in [0.25, 0.3) is 0 Å². The number of hydrogen-bond donors (Lipinski definition) is 0. The minimum absolute atomic E-state index is 0.252. The van der Waals surface area contributed by atoms with Crippen LogP contribution < -0.4 is 4.74 Å². The average Bonchev–Trinajstić information content (AvgIpc) is 2.36. The van der Waals surface area contributed by atoms with Crippen molar-refractivity contribution in [1.29, 1.82) is 5.26 Å². The maximum absolute atomic E-state index is 11.3. The van der Waals surface area contributed by atoms with Crippen molar-refractivity contribution < 1.29 is 14.3 Å². The lowest BCUT2D eigenvalue weighted by atomic mass is 10.1. The molecule has 4 nitrogen and oxygen atoms in total. The van der Waals surface area contributed by atoms with Gasteiger partial charge in [0.15, 0.2) is 0 Å². The van der Waals surface area contributed by atoms with Crippen LogP contribution in [0.15, 0.2) is 30.3 Å². The minimum atomic E-state index is -0.521. The SMILES string of the molecule is CCOC(=O)C=C(C#N)c1cccc(OC)c1. The van der Waals surface area contributed by atoms with E-state index in [1.807, 2.05) is 6.07 Å². The highest BCUT2D eigenvalue weighted by Crippen LogP contribution is 2.19. The van der Waals surface area contributed by atoms with E-state index < -0.39 is 5.97 Å². The van der Waals surface area contributed by atoms with E-state index in [9.17, 15) is 4.79 Å². The van der Waals surface area contributed by atoms with E-state index in [1.165, 1.54) is 6.08 Å². The molecule has 0 bridgehead atoms. The first-order chi connectivity index (χ1) is 8.21. The zero-order valence-electron chi connectivity index (χ0n) is 9.77. The molecule has 0 aliphatic rings. The zero-order chi connectivity index (χ0) is 12.7. The summed E-state index contributed by atoms with van der Waals surface area (Å²) in [5.41, 5.74) is 0.877. The van der Waals surface area contributed by atoms with E-state index in [1.54, 1.807) is 38.3 Å². The van der Waals surface area contributed by atoms with Gasteiger partial charge in [-0.15, -0.1) is 0 Å². The Morgan fingerprint density at radius 3 is 2.88 bits per heavy atom. The normalized spacial score (nSPS) is 10.5. The number of allylic oxidation sites excluding steroid dienone is 1. The summed E-state index contributed by atoms with van der Waals surface area (Å²) < 4.78 is 9.80. The Morgan fingerprint density at radius 2 is 2.29 bits per heavy atom. The maximum Gasteiger partial charge on any atom is 0.332 e. The van der Waals surface area contributed by atoms with Crippen molar-refractivity contribution in [3.05, 3.63) is 35.9 Å². The summed E-state index contributed by atoms with van der Waals surface area (Å²) in [6.45, 7) is 2.00. The maximum atomic E-state index is 11.3. The summed E-state index contributed by atoms with van der Waals surface area (Å²) in [6.07, 6.45) is 1.18. The first-order valence-electron chi connectivity index (χ1n) is 5.14. The predicted octanol–water partition coefficient (Wildman–Crippen LogP) is 2.17. The summed E-state index contributed by atoms with van der Waals surface area (Å²) in [6, 6.07) is 8.91. The first kappa shape index (κ1) is 12.8. The molecular weight excluding hydrogens is 218 g/mol. The van der Waals surface area contributed by atoms with E-state index in [0.717, 1.165) is 0 Å². The Bertz CT molecular complexity index is 472. The number of nitrogens with zero attached hydrogens (tertiary/aromatic N) is 1. The monoisotopic (exact) mass is 231 g/mol. The number of esters is 1. The van der Waals surface area contributed by atoms with E-state index in [-0.39, 0.29) is 12.2 Å². The Labute approximate surface area is 100 Å². The highest BCUT2D eigenvalue weighted by atomic mass is 16.5. The molecule has 0 spiro atoms. The van der Waals surface area contributed by atoms with Gasteiger partial charge in [-0.3, -0.25) is 0 Å². The molecule has 0 aromatic heterocycles. The van der Waals surface area contributed by atoms with Crippen LogP contribution >= 0.6 is 0 Å². The largest absolute Gasteiger partial charge is 0.497 e. The number of ether oxygens (including phenoxy) is 2. The summed E-state index contributed by atoms with van der Waals surface area (Å²) in [5.74, 6) is 0.111. The molecule has 88 valence electrons. The predicted molar refractivity (Wildman–Crippen MR) is 63.2 cm³/mol. The van der Waals surface area contributed by atoms with E-state index in [0.29, 0.717) is 11.3 Å². The van der Waals surface area contributed by atoms with Crippen molar-refractivity contribution >= 4 is 11.5 Å². The third kappa shape index (κ3) is 3.65. The lowest BCUT2D eigenvalue weighted by Gasteiger charge is -2.03. The zero-order valence-corrected chi connectivity index (χ0v) is 9.77. The molecule has 0 unspecified atom stereocenters. The van der Waals surface area contributed by atoms with Crippen molar-refractivity contribution in [3.8, 4) is 11.8 Å². The topological polar surface area (TPSA) is 59.3 Å². The van der Waals surface area contributed by atoms with Crippen LogP contribution in [-0.2, 0) is 9.53 Å². The van der Waals surface area contributed by atoms with Crippen LogP contribution in [0.1, 0.15) is 12.5 Å². The molecule has 0 atom stereocenters. The molecule has 1 rings (SSSR count). The van der Waals surface area contributed by atoms with Gasteiger partial charge in [-0.05, 0) is 24.6 Å². The van der Waals surface area contributed by atoms with Crippen LogP contribution in [-0.4, -0.2) is 19.7 Å². The standard InChI is InChI=1S/C13H13NO3/c1-3-17-13(15)8-11(9-14)10-5-4-6-12(7-10)16-2/h4-8H,3H2,1-2H3. The van der Waals surface area contributed by atoms with Gasteiger partial charge in [-0.25, -0.2) is 4.79 Å². The van der Waals surface area contributed by atoms with Crippen LogP contribution in [0.3, 0.4) is 0 Å². The molecule has 1 aromatic carbocycles. The molecule has 0 saturated carbocycles. The Hall–Kier alpha value is -2.28. The average molecular weight is 231 g/mol. The van der Waals surface area contributed by atoms with Crippen molar-refractivity contribution in [2.45, 2.75) is 6.92 Å². The molecule has 0 heterocycles. The quantitative estimate of drug-likeness (QED) is 0.452. The smallest absolute Gasteiger partial charge is 0.332 e. The molecule has 0 aliphatic carbocycles. The number of carbonyl (C=O) groups excluding carboxylic acids is 1. The van der Waals surface area contributed by atoms with Crippen molar-refractivity contribution in [1.82, 2.24) is 0 Å². The minimum Gasteiger partial charge on any atom is -0.497 e. The summed E-state index contributed by atoms with van der Waals surface area (Å²) in [5, 5.41) is 8.99. The van der Waals surface area contributed by atoms with Gasteiger partial charge < -0.3 is 9.47 Å². The van der Waals surface area contributed by atoms with Crippen molar-refractivity contribution in [2.75, 3.05) is 13.7 Å². The summed E-state index contributed by atoms with van der Waals surface area (Å²) in [7, 11) is 1.54. The molecule has 0 fully saturated rings. The van der Waals surface area contributed by atoms with Crippen LogP contribution in [0.5, 0.6) is 5.75 Å². The lowest BCUT2D eigenvalue weighted by molar-refractivity contribution is -0.137. The molecule has 0 radical (unpaired) electrons. The summed E-state index contributed by atoms with van der Waals surface area (Å²) >= 11 is 0. The number of rotatable bonds is 4. The molecular formula is C13H13NO3. The molecule has 1 aromatic rings. The van der Waals surface area contributed by atoms with E-state index in [4.69, 9.17) is 14.7 Å². The van der Waals surface area contributed by atoms with Crippen LogP contribution in [0.4, 0.5) is 0 Å². The van der Waals surface area contributed by atoms with Gasteiger partial charge in [0.2, 0.25) is 0 Å². The van der Waals surface area contributed by atoms with Crippen molar-refractivity contribution in [2.24, 2.45) is 0 Å². The second kappa shape index (κ2) is 6.33. The number of benzene rings is 1. The van der Waals surface area contributed by atoms with Gasteiger partial charge in [0, 0.05) is 6.08 Å². The van der Waals surface area contributed by atoms with E-state index >= 15 is 0 Å². The van der Waals surface area contributed by atoms with Crippen LogP contribution in [0, 0.1) is 11.3 Å². The number of nitriles is 1. The highest BCUT2D eigenvalue weighted by Gasteiger charge is 2.05. The third-order valence-corrected chi connectivity index (χ3v) is 2.05. The third-order valence-electron chi connectivity index (χ3n) is 2.05. The first-order valence-corrected chi connectivity index (χ1v) is 5.14. The fourth-order valence-corrected chi connectivity index (χ4v) is 1.27.